The Balaban J connectivity index is 1.75. The van der Waals surface area contributed by atoms with Gasteiger partial charge in [-0.2, -0.15) is 0 Å². The predicted octanol–water partition coefficient (Wildman–Crippen LogP) is 3.65. The Hall–Kier alpha value is -3.22. The molecule has 2 amide bonds. The average Bonchev–Trinajstić information content (AvgIpc) is 2.79. The lowest BCUT2D eigenvalue weighted by Crippen LogP contribution is -2.46. The zero-order valence-corrected chi connectivity index (χ0v) is 18.4. The summed E-state index contributed by atoms with van der Waals surface area (Å²) in [6, 6.07) is 13.0. The minimum atomic E-state index is -0.220. The predicted molar refractivity (Wildman–Crippen MR) is 119 cm³/mol. The second kappa shape index (κ2) is 10.7. The summed E-state index contributed by atoms with van der Waals surface area (Å²) in [7, 11) is 1.61. The molecule has 0 unspecified atom stereocenters. The van der Waals surface area contributed by atoms with E-state index in [1.807, 2.05) is 44.2 Å². The van der Waals surface area contributed by atoms with Crippen molar-refractivity contribution in [1.82, 2.24) is 4.90 Å². The monoisotopic (exact) mass is 426 g/mol. The molecule has 0 bridgehead atoms. The van der Waals surface area contributed by atoms with Crippen LogP contribution in [0, 0.1) is 0 Å². The number of methoxy groups -OCH3 is 1. The zero-order valence-electron chi connectivity index (χ0n) is 18.4. The van der Waals surface area contributed by atoms with Crippen LogP contribution in [0.25, 0.3) is 0 Å². The van der Waals surface area contributed by atoms with E-state index in [0.29, 0.717) is 42.6 Å². The van der Waals surface area contributed by atoms with Crippen molar-refractivity contribution in [2.45, 2.75) is 33.2 Å². The molecule has 0 aliphatic carbocycles. The first-order valence-electron chi connectivity index (χ1n) is 10.7. The average molecular weight is 427 g/mol. The highest BCUT2D eigenvalue weighted by Gasteiger charge is 2.28. The highest BCUT2D eigenvalue weighted by atomic mass is 16.5. The van der Waals surface area contributed by atoms with Crippen LogP contribution in [-0.2, 0) is 16.1 Å². The van der Waals surface area contributed by atoms with Crippen LogP contribution in [0.1, 0.15) is 32.3 Å². The van der Waals surface area contributed by atoms with Crippen molar-refractivity contribution < 1.29 is 23.8 Å². The normalized spacial score (nSPS) is 12.7. The maximum Gasteiger partial charge on any atom is 0.265 e. The highest BCUT2D eigenvalue weighted by molar-refractivity contribution is 6.02. The van der Waals surface area contributed by atoms with Crippen LogP contribution < -0.4 is 19.1 Å². The summed E-state index contributed by atoms with van der Waals surface area (Å²) in [6.45, 7) is 5.63. The van der Waals surface area contributed by atoms with Gasteiger partial charge < -0.3 is 19.1 Å². The molecule has 3 rings (SSSR count). The van der Waals surface area contributed by atoms with Gasteiger partial charge in [-0.25, -0.2) is 0 Å². The molecule has 2 aromatic rings. The van der Waals surface area contributed by atoms with Gasteiger partial charge in [-0.05, 0) is 42.7 Å². The van der Waals surface area contributed by atoms with Crippen LogP contribution in [0.2, 0.25) is 0 Å². The Morgan fingerprint density at radius 3 is 2.68 bits per heavy atom. The number of fused-ring (bicyclic) bond motifs is 1. The molecule has 0 N–H and O–H groups in total. The van der Waals surface area contributed by atoms with Gasteiger partial charge in [0.1, 0.15) is 12.3 Å². The van der Waals surface area contributed by atoms with E-state index < -0.39 is 0 Å². The first-order valence-corrected chi connectivity index (χ1v) is 10.7. The van der Waals surface area contributed by atoms with Crippen LogP contribution in [0.4, 0.5) is 5.69 Å². The standard InChI is InChI=1S/C24H30N2O5/c1-4-12-25(15-18-10-11-21(30-13-5-2)22(14-18)29-3)23(27)16-26-19-8-6-7-9-20(19)31-17-24(26)28/h6-11,14H,4-5,12-13,15-17H2,1-3H3. The van der Waals surface area contributed by atoms with Crippen LogP contribution in [0.15, 0.2) is 42.5 Å². The number of carbonyl (C=O) groups excluding carboxylic acids is 2. The van der Waals surface area contributed by atoms with E-state index in [2.05, 4.69) is 0 Å². The molecule has 0 atom stereocenters. The Morgan fingerprint density at radius 1 is 1.13 bits per heavy atom. The van der Waals surface area contributed by atoms with E-state index in [1.54, 1.807) is 24.1 Å². The van der Waals surface area contributed by atoms with Crippen LogP contribution in [0.5, 0.6) is 17.2 Å². The van der Waals surface area contributed by atoms with E-state index in [1.165, 1.54) is 4.90 Å². The summed E-state index contributed by atoms with van der Waals surface area (Å²) in [5.74, 6) is 1.62. The third kappa shape index (κ3) is 5.48. The fourth-order valence-corrected chi connectivity index (χ4v) is 3.49. The third-order valence-electron chi connectivity index (χ3n) is 5.01. The van der Waals surface area contributed by atoms with E-state index in [9.17, 15) is 9.59 Å². The maximum atomic E-state index is 13.2. The fourth-order valence-electron chi connectivity index (χ4n) is 3.49. The number of anilines is 1. The molecule has 31 heavy (non-hydrogen) atoms. The topological polar surface area (TPSA) is 68.3 Å². The molecular weight excluding hydrogens is 396 g/mol. The molecule has 1 aliphatic heterocycles. The molecule has 166 valence electrons. The summed E-state index contributed by atoms with van der Waals surface area (Å²) in [5.41, 5.74) is 1.57. The summed E-state index contributed by atoms with van der Waals surface area (Å²) in [5, 5.41) is 0. The second-order valence-corrected chi connectivity index (χ2v) is 7.39. The number of ether oxygens (including phenoxy) is 3. The lowest BCUT2D eigenvalue weighted by molar-refractivity contribution is -0.132. The summed E-state index contributed by atoms with van der Waals surface area (Å²) in [4.78, 5) is 28.9. The molecule has 7 nitrogen and oxygen atoms in total. The Morgan fingerprint density at radius 2 is 1.94 bits per heavy atom. The lowest BCUT2D eigenvalue weighted by Gasteiger charge is -2.31. The van der Waals surface area contributed by atoms with Gasteiger partial charge in [0.05, 0.1) is 19.4 Å². The number of rotatable bonds is 10. The van der Waals surface area contributed by atoms with Crippen molar-refractivity contribution in [3.63, 3.8) is 0 Å². The van der Waals surface area contributed by atoms with Crippen molar-refractivity contribution in [3.05, 3.63) is 48.0 Å². The lowest BCUT2D eigenvalue weighted by atomic mass is 10.1. The van der Waals surface area contributed by atoms with Gasteiger partial charge in [-0.3, -0.25) is 14.5 Å². The molecule has 1 heterocycles. The third-order valence-corrected chi connectivity index (χ3v) is 5.01. The van der Waals surface area contributed by atoms with Crippen molar-refractivity contribution >= 4 is 17.5 Å². The first kappa shape index (κ1) is 22.5. The molecule has 0 aromatic heterocycles. The molecule has 1 aliphatic rings. The largest absolute Gasteiger partial charge is 0.493 e. The number of nitrogens with zero attached hydrogens (tertiary/aromatic N) is 2. The number of hydrogen-bond acceptors (Lipinski definition) is 5. The van der Waals surface area contributed by atoms with Gasteiger partial charge >= 0.3 is 0 Å². The molecule has 7 heteroatoms. The number of hydrogen-bond donors (Lipinski definition) is 0. The van der Waals surface area contributed by atoms with Gasteiger partial charge in [-0.1, -0.05) is 32.0 Å². The smallest absolute Gasteiger partial charge is 0.265 e. The fraction of sp³-hybridized carbons (Fsp3) is 0.417. The molecule has 0 radical (unpaired) electrons. The van der Waals surface area contributed by atoms with Gasteiger partial charge in [0, 0.05) is 13.1 Å². The van der Waals surface area contributed by atoms with Crippen molar-refractivity contribution in [3.8, 4) is 17.2 Å². The number of benzene rings is 2. The maximum absolute atomic E-state index is 13.2. The molecular formula is C24H30N2O5. The second-order valence-electron chi connectivity index (χ2n) is 7.39. The minimum Gasteiger partial charge on any atom is -0.493 e. The van der Waals surface area contributed by atoms with E-state index in [-0.39, 0.29) is 25.0 Å². The molecule has 2 aromatic carbocycles. The Bertz CT molecular complexity index is 915. The highest BCUT2D eigenvalue weighted by Crippen LogP contribution is 2.32. The molecule has 0 spiro atoms. The van der Waals surface area contributed by atoms with E-state index in [0.717, 1.165) is 18.4 Å². The SMILES string of the molecule is CCCOc1ccc(CN(CCC)C(=O)CN2C(=O)COc3ccccc32)cc1OC. The van der Waals surface area contributed by atoms with Crippen molar-refractivity contribution in [2.75, 3.05) is 38.3 Å². The molecule has 0 saturated heterocycles. The number of amides is 2. The van der Waals surface area contributed by atoms with Crippen LogP contribution in [-0.4, -0.2) is 50.1 Å². The van der Waals surface area contributed by atoms with E-state index >= 15 is 0 Å². The van der Waals surface area contributed by atoms with Crippen LogP contribution >= 0.6 is 0 Å². The first-order chi connectivity index (χ1) is 15.1. The summed E-state index contributed by atoms with van der Waals surface area (Å²) >= 11 is 0. The Kier molecular flexibility index (Phi) is 7.76. The van der Waals surface area contributed by atoms with Crippen molar-refractivity contribution in [2.24, 2.45) is 0 Å². The van der Waals surface area contributed by atoms with Crippen molar-refractivity contribution in [1.29, 1.82) is 0 Å². The number of carbonyl (C=O) groups is 2. The Labute approximate surface area is 183 Å². The minimum absolute atomic E-state index is 0.0198. The van der Waals surface area contributed by atoms with E-state index in [4.69, 9.17) is 14.2 Å². The summed E-state index contributed by atoms with van der Waals surface area (Å²) < 4.78 is 16.7. The molecule has 0 saturated carbocycles. The van der Waals surface area contributed by atoms with Gasteiger partial charge in [0.15, 0.2) is 18.1 Å². The zero-order chi connectivity index (χ0) is 22.2. The molecule has 0 fully saturated rings. The van der Waals surface area contributed by atoms with Gasteiger partial charge in [0.2, 0.25) is 5.91 Å². The number of para-hydroxylation sites is 2. The summed E-state index contributed by atoms with van der Waals surface area (Å²) in [6.07, 6.45) is 1.72. The van der Waals surface area contributed by atoms with Gasteiger partial charge in [0.25, 0.3) is 5.91 Å². The van der Waals surface area contributed by atoms with Crippen LogP contribution in [0.3, 0.4) is 0 Å². The quantitative estimate of drug-likeness (QED) is 0.580. The van der Waals surface area contributed by atoms with Gasteiger partial charge in [-0.15, -0.1) is 0 Å².